The van der Waals surface area contributed by atoms with E-state index in [9.17, 15) is 9.18 Å². The molecule has 2 heterocycles. The quantitative estimate of drug-likeness (QED) is 0.526. The van der Waals surface area contributed by atoms with Crippen LogP contribution < -0.4 is 0 Å². The minimum absolute atomic E-state index is 0.121. The van der Waals surface area contributed by atoms with E-state index in [0.717, 1.165) is 25.8 Å². The summed E-state index contributed by atoms with van der Waals surface area (Å²) in [5.41, 5.74) is 1.22. The Morgan fingerprint density at radius 1 is 1.35 bits per heavy atom. The monoisotopic (exact) mass is 431 g/mol. The van der Waals surface area contributed by atoms with Gasteiger partial charge in [0.25, 0.3) is 0 Å². The van der Waals surface area contributed by atoms with Gasteiger partial charge in [0.1, 0.15) is 0 Å². The number of benzene rings is 1. The maximum atomic E-state index is 12.6. The number of esters is 1. The predicted molar refractivity (Wildman–Crippen MR) is 96.1 cm³/mol. The van der Waals surface area contributed by atoms with E-state index in [1.165, 1.54) is 16.2 Å². The number of ether oxygens (including phenoxy) is 1. The lowest BCUT2D eigenvalue weighted by molar-refractivity contribution is -0.150. The number of carbonyl (C=O) groups is 1. The Morgan fingerprint density at radius 3 is 2.74 bits per heavy atom. The molecule has 0 amide bonds. The molecule has 0 aliphatic carbocycles. The fourth-order valence-corrected chi connectivity index (χ4v) is 4.77. The van der Waals surface area contributed by atoms with Crippen molar-refractivity contribution in [3.8, 4) is 0 Å². The summed E-state index contributed by atoms with van der Waals surface area (Å²) in [5, 5.41) is 0. The Hall–Kier alpha value is -0.690. The van der Waals surface area contributed by atoms with Gasteiger partial charge in [-0.2, -0.15) is 0 Å². The number of nitrogens with zero attached hydrogens (tertiary/aromatic N) is 1. The summed E-state index contributed by atoms with van der Waals surface area (Å²) >= 11 is 2.30. The predicted octanol–water partition coefficient (Wildman–Crippen LogP) is 3.76. The van der Waals surface area contributed by atoms with Crippen LogP contribution in [0.25, 0.3) is 0 Å². The van der Waals surface area contributed by atoms with Crippen molar-refractivity contribution >= 4 is 28.6 Å². The maximum Gasteiger partial charge on any atom is 0.310 e. The molecule has 2 fully saturated rings. The van der Waals surface area contributed by atoms with Crippen molar-refractivity contribution in [2.75, 3.05) is 20.3 Å². The number of hydrogen-bond donors (Lipinski definition) is 0. The van der Waals surface area contributed by atoms with E-state index in [2.05, 4.69) is 51.8 Å². The van der Waals surface area contributed by atoms with Crippen LogP contribution in [-0.2, 0) is 9.53 Å². The van der Waals surface area contributed by atoms with Gasteiger partial charge in [0.2, 0.25) is 0 Å². The summed E-state index contributed by atoms with van der Waals surface area (Å²) in [5.74, 6) is -0.0545. The fourth-order valence-electron chi connectivity index (χ4n) is 4.41. The molecule has 3 rings (SSSR count). The molecule has 2 aliphatic heterocycles. The Morgan fingerprint density at radius 2 is 2.09 bits per heavy atom. The summed E-state index contributed by atoms with van der Waals surface area (Å²) in [6.45, 7) is 0.456. The van der Waals surface area contributed by atoms with Gasteiger partial charge >= 0.3 is 5.97 Å². The molecule has 2 saturated heterocycles. The second-order valence-corrected chi connectivity index (χ2v) is 7.77. The number of carbonyl (C=O) groups excluding carboxylic acids is 1. The van der Waals surface area contributed by atoms with E-state index < -0.39 is 0 Å². The number of alkyl halides is 1. The van der Waals surface area contributed by atoms with Gasteiger partial charge in [-0.25, -0.2) is 0 Å². The van der Waals surface area contributed by atoms with Crippen molar-refractivity contribution < 1.29 is 13.9 Å². The molecule has 2 bridgehead atoms. The van der Waals surface area contributed by atoms with Crippen LogP contribution in [-0.4, -0.2) is 43.3 Å². The highest BCUT2D eigenvalue weighted by Crippen LogP contribution is 2.47. The molecule has 0 N–H and O–H groups in total. The first-order chi connectivity index (χ1) is 11.2. The highest BCUT2D eigenvalue weighted by Gasteiger charge is 2.50. The van der Waals surface area contributed by atoms with Crippen molar-refractivity contribution in [1.29, 1.82) is 0 Å². The minimum atomic E-state index is -0.292. The third-order valence-corrected chi connectivity index (χ3v) is 6.11. The van der Waals surface area contributed by atoms with Crippen LogP contribution in [0.1, 0.15) is 37.2 Å². The summed E-state index contributed by atoms with van der Waals surface area (Å²) in [6, 6.07) is 9.13. The highest BCUT2D eigenvalue weighted by atomic mass is 127. The van der Waals surface area contributed by atoms with Crippen molar-refractivity contribution in [2.45, 2.75) is 43.7 Å². The molecule has 0 spiro atoms. The Kier molecular flexibility index (Phi) is 5.57. The minimum Gasteiger partial charge on any atom is -0.469 e. The van der Waals surface area contributed by atoms with Gasteiger partial charge in [0, 0.05) is 28.1 Å². The van der Waals surface area contributed by atoms with Gasteiger partial charge in [-0.1, -0.05) is 12.1 Å². The first kappa shape index (κ1) is 17.1. The number of fused-ring (bicyclic) bond motifs is 2. The zero-order chi connectivity index (χ0) is 16.4. The SMILES string of the molecule is COC(=O)C1C2CC[C@H](C[C@H]1c1ccc(I)cc1)N2CCCF. The van der Waals surface area contributed by atoms with Gasteiger partial charge in [-0.3, -0.25) is 14.1 Å². The molecule has 1 aromatic rings. The van der Waals surface area contributed by atoms with E-state index in [-0.39, 0.29) is 30.5 Å². The lowest BCUT2D eigenvalue weighted by atomic mass is 9.76. The number of piperidine rings is 1. The molecule has 2 unspecified atom stereocenters. The third-order valence-electron chi connectivity index (χ3n) is 5.39. The first-order valence-corrected chi connectivity index (χ1v) is 9.38. The first-order valence-electron chi connectivity index (χ1n) is 8.30. The lowest BCUT2D eigenvalue weighted by Gasteiger charge is -2.43. The molecule has 126 valence electrons. The zero-order valence-electron chi connectivity index (χ0n) is 13.4. The molecule has 23 heavy (non-hydrogen) atoms. The van der Waals surface area contributed by atoms with Crippen LogP contribution in [0.5, 0.6) is 0 Å². The molecule has 4 atom stereocenters. The van der Waals surface area contributed by atoms with E-state index in [0.29, 0.717) is 12.5 Å². The molecule has 0 saturated carbocycles. The average molecular weight is 431 g/mol. The molecule has 2 aliphatic rings. The van der Waals surface area contributed by atoms with Gasteiger partial charge in [0.05, 0.1) is 19.7 Å². The maximum absolute atomic E-state index is 12.6. The average Bonchev–Trinajstić information content (AvgIpc) is 2.84. The topological polar surface area (TPSA) is 29.5 Å². The van der Waals surface area contributed by atoms with Crippen LogP contribution in [0.15, 0.2) is 24.3 Å². The largest absolute Gasteiger partial charge is 0.469 e. The van der Waals surface area contributed by atoms with Crippen LogP contribution in [0.3, 0.4) is 0 Å². The number of halogens is 2. The van der Waals surface area contributed by atoms with Crippen LogP contribution >= 0.6 is 22.6 Å². The molecule has 5 heteroatoms. The van der Waals surface area contributed by atoms with Crippen LogP contribution in [0.2, 0.25) is 0 Å². The van der Waals surface area contributed by atoms with Crippen molar-refractivity contribution in [3.63, 3.8) is 0 Å². The molecular weight excluding hydrogens is 408 g/mol. The molecule has 3 nitrogen and oxygen atoms in total. The zero-order valence-corrected chi connectivity index (χ0v) is 15.5. The van der Waals surface area contributed by atoms with E-state index >= 15 is 0 Å². The summed E-state index contributed by atoms with van der Waals surface area (Å²) in [7, 11) is 1.47. The molecule has 0 aromatic heterocycles. The van der Waals surface area contributed by atoms with Crippen molar-refractivity contribution in [3.05, 3.63) is 33.4 Å². The number of methoxy groups -OCH3 is 1. The Labute approximate surface area is 150 Å². The fraction of sp³-hybridized carbons (Fsp3) is 0.611. The second-order valence-electron chi connectivity index (χ2n) is 6.52. The molecular formula is C18H23FINO2. The van der Waals surface area contributed by atoms with Gasteiger partial charge in [-0.15, -0.1) is 0 Å². The van der Waals surface area contributed by atoms with Gasteiger partial charge < -0.3 is 4.74 Å². The summed E-state index contributed by atoms with van der Waals surface area (Å²) in [6.07, 6.45) is 3.63. The third kappa shape index (κ3) is 3.40. The number of hydrogen-bond acceptors (Lipinski definition) is 3. The molecule has 1 aromatic carbocycles. The number of rotatable bonds is 5. The van der Waals surface area contributed by atoms with Crippen LogP contribution in [0, 0.1) is 9.49 Å². The van der Waals surface area contributed by atoms with Crippen molar-refractivity contribution in [1.82, 2.24) is 4.90 Å². The summed E-state index contributed by atoms with van der Waals surface area (Å²) < 4.78 is 18.9. The smallest absolute Gasteiger partial charge is 0.310 e. The Balaban J connectivity index is 1.88. The van der Waals surface area contributed by atoms with Gasteiger partial charge in [0.15, 0.2) is 0 Å². The summed E-state index contributed by atoms with van der Waals surface area (Å²) in [4.78, 5) is 14.9. The Bertz CT molecular complexity index is 550. The van der Waals surface area contributed by atoms with Crippen LogP contribution in [0.4, 0.5) is 4.39 Å². The highest BCUT2D eigenvalue weighted by molar-refractivity contribution is 14.1. The molecule has 0 radical (unpaired) electrons. The van der Waals surface area contributed by atoms with Gasteiger partial charge in [-0.05, 0) is 66.0 Å². The lowest BCUT2D eigenvalue weighted by Crippen LogP contribution is -2.51. The van der Waals surface area contributed by atoms with E-state index in [1.807, 2.05) is 0 Å². The standard InChI is InChI=1S/C18H23FINO2/c1-23-18(22)17-15(12-3-5-13(20)6-4-12)11-14-7-8-16(17)21(14)10-2-9-19/h3-6,14-17H,2,7-11H2,1H3/t14-,15+,16?,17?/m1/s1. The van der Waals surface area contributed by atoms with Crippen molar-refractivity contribution in [2.24, 2.45) is 5.92 Å². The normalized spacial score (nSPS) is 30.4. The van der Waals surface area contributed by atoms with E-state index in [1.54, 1.807) is 0 Å². The van der Waals surface area contributed by atoms with E-state index in [4.69, 9.17) is 4.74 Å². The second kappa shape index (κ2) is 7.47.